The van der Waals surface area contributed by atoms with Gasteiger partial charge in [0.15, 0.2) is 5.75 Å². The highest BCUT2D eigenvalue weighted by Gasteiger charge is 2.05. The van der Waals surface area contributed by atoms with Crippen LogP contribution in [0.25, 0.3) is 0 Å². The van der Waals surface area contributed by atoms with Crippen LogP contribution in [0.4, 0.5) is 0 Å². The lowest BCUT2D eigenvalue weighted by Gasteiger charge is -2.01. The third kappa shape index (κ3) is 1.88. The van der Waals surface area contributed by atoms with Gasteiger partial charge in [-0.25, -0.2) is 0 Å². The Morgan fingerprint density at radius 1 is 1.36 bits per heavy atom. The van der Waals surface area contributed by atoms with Crippen LogP contribution in [0.3, 0.4) is 0 Å². The molecule has 4 heteroatoms. The molecule has 0 spiro atoms. The van der Waals surface area contributed by atoms with E-state index in [1.54, 1.807) is 25.3 Å². The molecule has 2 aromatic rings. The number of hydrogen-bond donors (Lipinski definition) is 0. The van der Waals surface area contributed by atoms with E-state index in [1.807, 2.05) is 12.1 Å². The van der Waals surface area contributed by atoms with Crippen LogP contribution in [0.15, 0.2) is 34.9 Å². The summed E-state index contributed by atoms with van der Waals surface area (Å²) in [6.07, 6.45) is 1.79. The molecule has 2 rings (SSSR count). The van der Waals surface area contributed by atoms with Crippen molar-refractivity contribution in [1.29, 1.82) is 0 Å². The third-order valence-electron chi connectivity index (χ3n) is 1.63. The predicted molar refractivity (Wildman–Crippen MR) is 52.8 cm³/mol. The number of nitrogens with zero attached hydrogens (tertiary/aromatic N) is 1. The van der Waals surface area contributed by atoms with Gasteiger partial charge in [-0.05, 0) is 19.1 Å². The SMILES string of the molecule is Cc1cnc(Oc2ccccc2Cl)o1. The van der Waals surface area contributed by atoms with Gasteiger partial charge in [-0.3, -0.25) is 0 Å². The Balaban J connectivity index is 2.23. The van der Waals surface area contributed by atoms with E-state index in [9.17, 15) is 0 Å². The molecule has 3 nitrogen and oxygen atoms in total. The molecule has 0 aliphatic carbocycles. The lowest BCUT2D eigenvalue weighted by atomic mass is 10.3. The van der Waals surface area contributed by atoms with Gasteiger partial charge in [-0.2, -0.15) is 4.98 Å². The van der Waals surface area contributed by atoms with Crippen molar-refractivity contribution in [2.75, 3.05) is 0 Å². The summed E-state index contributed by atoms with van der Waals surface area (Å²) in [7, 11) is 0. The maximum absolute atomic E-state index is 5.89. The fourth-order valence-corrected chi connectivity index (χ4v) is 1.18. The molecule has 0 unspecified atom stereocenters. The number of rotatable bonds is 2. The van der Waals surface area contributed by atoms with Gasteiger partial charge in [0.1, 0.15) is 5.76 Å². The van der Waals surface area contributed by atoms with E-state index in [2.05, 4.69) is 4.98 Å². The van der Waals surface area contributed by atoms with Gasteiger partial charge in [-0.15, -0.1) is 0 Å². The molecule has 0 atom stereocenters. The number of aromatic nitrogens is 1. The lowest BCUT2D eigenvalue weighted by Crippen LogP contribution is -1.83. The second-order valence-corrected chi connectivity index (χ2v) is 3.18. The molecular formula is C10H8ClNO2. The number of para-hydroxylation sites is 1. The zero-order valence-corrected chi connectivity index (χ0v) is 8.28. The van der Waals surface area contributed by atoms with E-state index in [0.29, 0.717) is 16.5 Å². The van der Waals surface area contributed by atoms with Gasteiger partial charge in [0, 0.05) is 0 Å². The maximum atomic E-state index is 5.89. The monoisotopic (exact) mass is 209 g/mol. The summed E-state index contributed by atoms with van der Waals surface area (Å²) in [5, 5.41) is 0.531. The Hall–Kier alpha value is -1.48. The Kier molecular flexibility index (Phi) is 2.41. The molecule has 0 aliphatic heterocycles. The molecular weight excluding hydrogens is 202 g/mol. The van der Waals surface area contributed by atoms with E-state index in [-0.39, 0.29) is 6.08 Å². The molecule has 0 saturated heterocycles. The summed E-state index contributed by atoms with van der Waals surface area (Å²) in [5.41, 5.74) is 0. The fourth-order valence-electron chi connectivity index (χ4n) is 1.00. The summed E-state index contributed by atoms with van der Waals surface area (Å²) in [6.45, 7) is 1.80. The molecule has 14 heavy (non-hydrogen) atoms. The minimum absolute atomic E-state index is 0.204. The quantitative estimate of drug-likeness (QED) is 0.760. The van der Waals surface area contributed by atoms with Crippen LogP contribution in [-0.2, 0) is 0 Å². The van der Waals surface area contributed by atoms with Gasteiger partial charge in [0.05, 0.1) is 11.2 Å². The highest BCUT2D eigenvalue weighted by Crippen LogP contribution is 2.28. The van der Waals surface area contributed by atoms with Gasteiger partial charge < -0.3 is 9.15 Å². The molecule has 0 amide bonds. The molecule has 0 bridgehead atoms. The second-order valence-electron chi connectivity index (χ2n) is 2.77. The van der Waals surface area contributed by atoms with E-state index >= 15 is 0 Å². The van der Waals surface area contributed by atoms with Crippen molar-refractivity contribution in [3.8, 4) is 11.8 Å². The molecule has 0 N–H and O–H groups in total. The fraction of sp³-hybridized carbons (Fsp3) is 0.100. The molecule has 0 radical (unpaired) electrons. The van der Waals surface area contributed by atoms with E-state index in [4.69, 9.17) is 20.8 Å². The molecule has 72 valence electrons. The normalized spacial score (nSPS) is 10.1. The minimum Gasteiger partial charge on any atom is -0.414 e. The van der Waals surface area contributed by atoms with Crippen molar-refractivity contribution in [2.45, 2.75) is 6.92 Å². The van der Waals surface area contributed by atoms with Crippen molar-refractivity contribution in [3.63, 3.8) is 0 Å². The van der Waals surface area contributed by atoms with E-state index in [0.717, 1.165) is 0 Å². The standard InChI is InChI=1S/C10H8ClNO2/c1-7-6-12-10(13-7)14-9-5-3-2-4-8(9)11/h2-6H,1H3. The summed E-state index contributed by atoms with van der Waals surface area (Å²) in [6, 6.07) is 7.15. The predicted octanol–water partition coefficient (Wildman–Crippen LogP) is 3.43. The Labute approximate surface area is 86.3 Å². The van der Waals surface area contributed by atoms with Gasteiger partial charge in [0.2, 0.25) is 0 Å². The first-order valence-electron chi connectivity index (χ1n) is 4.10. The van der Waals surface area contributed by atoms with Crippen molar-refractivity contribution in [1.82, 2.24) is 4.98 Å². The molecule has 0 fully saturated rings. The first-order valence-corrected chi connectivity index (χ1v) is 4.48. The summed E-state index contributed by atoms with van der Waals surface area (Å²) < 4.78 is 10.5. The second kappa shape index (κ2) is 3.72. The Bertz CT molecular complexity index is 439. The summed E-state index contributed by atoms with van der Waals surface area (Å²) in [4.78, 5) is 3.90. The number of benzene rings is 1. The van der Waals surface area contributed by atoms with E-state index in [1.165, 1.54) is 0 Å². The largest absolute Gasteiger partial charge is 0.414 e. The van der Waals surface area contributed by atoms with Crippen LogP contribution < -0.4 is 4.74 Å². The highest BCUT2D eigenvalue weighted by atomic mass is 35.5. The van der Waals surface area contributed by atoms with Crippen LogP contribution in [-0.4, -0.2) is 4.98 Å². The summed E-state index contributed by atoms with van der Waals surface area (Å²) >= 11 is 5.89. The van der Waals surface area contributed by atoms with Crippen molar-refractivity contribution >= 4 is 11.6 Å². The van der Waals surface area contributed by atoms with Crippen molar-refractivity contribution < 1.29 is 9.15 Å². The van der Waals surface area contributed by atoms with Crippen molar-refractivity contribution in [2.24, 2.45) is 0 Å². The zero-order chi connectivity index (χ0) is 9.97. The van der Waals surface area contributed by atoms with Crippen LogP contribution >= 0.6 is 11.6 Å². The number of oxazole rings is 1. The van der Waals surface area contributed by atoms with E-state index < -0.39 is 0 Å². The van der Waals surface area contributed by atoms with Crippen LogP contribution in [0.2, 0.25) is 5.02 Å². The van der Waals surface area contributed by atoms with Crippen molar-refractivity contribution in [3.05, 3.63) is 41.2 Å². The maximum Gasteiger partial charge on any atom is 0.399 e. The average molecular weight is 210 g/mol. The highest BCUT2D eigenvalue weighted by molar-refractivity contribution is 6.32. The minimum atomic E-state index is 0.204. The lowest BCUT2D eigenvalue weighted by molar-refractivity contribution is 0.323. The van der Waals surface area contributed by atoms with Gasteiger partial charge in [-0.1, -0.05) is 23.7 Å². The Morgan fingerprint density at radius 2 is 2.14 bits per heavy atom. The number of ether oxygens (including phenoxy) is 1. The first-order chi connectivity index (χ1) is 6.75. The number of aryl methyl sites for hydroxylation is 1. The zero-order valence-electron chi connectivity index (χ0n) is 7.53. The Morgan fingerprint density at radius 3 is 2.79 bits per heavy atom. The smallest absolute Gasteiger partial charge is 0.399 e. The molecule has 1 aromatic carbocycles. The van der Waals surface area contributed by atoms with Gasteiger partial charge >= 0.3 is 6.08 Å². The molecule has 0 aliphatic rings. The summed E-state index contributed by atoms with van der Waals surface area (Å²) in [5.74, 6) is 1.24. The van der Waals surface area contributed by atoms with Gasteiger partial charge in [0.25, 0.3) is 0 Å². The van der Waals surface area contributed by atoms with Crippen LogP contribution in [0, 0.1) is 6.92 Å². The molecule has 0 saturated carbocycles. The van der Waals surface area contributed by atoms with Crippen LogP contribution in [0.5, 0.6) is 11.8 Å². The third-order valence-corrected chi connectivity index (χ3v) is 1.95. The first kappa shape index (κ1) is 9.09. The molecule has 1 aromatic heterocycles. The average Bonchev–Trinajstić information content (AvgIpc) is 2.56. The topological polar surface area (TPSA) is 35.3 Å². The number of halogens is 1. The molecule has 1 heterocycles. The van der Waals surface area contributed by atoms with Crippen LogP contribution in [0.1, 0.15) is 5.76 Å². The number of hydrogen-bond acceptors (Lipinski definition) is 3.